The van der Waals surface area contributed by atoms with Gasteiger partial charge in [0, 0.05) is 25.8 Å². The van der Waals surface area contributed by atoms with E-state index in [9.17, 15) is 4.79 Å². The number of rotatable bonds is 5. The van der Waals surface area contributed by atoms with Crippen molar-refractivity contribution < 1.29 is 4.79 Å². The van der Waals surface area contributed by atoms with E-state index in [1.807, 2.05) is 16.7 Å². The summed E-state index contributed by atoms with van der Waals surface area (Å²) < 4.78 is 0. The van der Waals surface area contributed by atoms with Gasteiger partial charge in [0.05, 0.1) is 6.04 Å². The molecule has 3 rings (SSSR count). The summed E-state index contributed by atoms with van der Waals surface area (Å²) in [6.07, 6.45) is 6.48. The molecule has 1 unspecified atom stereocenters. The van der Waals surface area contributed by atoms with Crippen LogP contribution in [-0.2, 0) is 11.3 Å². The van der Waals surface area contributed by atoms with Gasteiger partial charge in [0.25, 0.3) is 0 Å². The maximum atomic E-state index is 12.4. The molecule has 1 aliphatic carbocycles. The number of halogens is 1. The third-order valence-electron chi connectivity index (χ3n) is 5.41. The van der Waals surface area contributed by atoms with E-state index in [1.165, 1.54) is 43.2 Å². The topological polar surface area (TPSA) is 35.9 Å². The van der Waals surface area contributed by atoms with Crippen molar-refractivity contribution in [2.45, 2.75) is 71.6 Å². The molecule has 4 nitrogen and oxygen atoms in total. The predicted molar refractivity (Wildman–Crippen MR) is 118 cm³/mol. The van der Waals surface area contributed by atoms with Crippen molar-refractivity contribution in [3.63, 3.8) is 0 Å². The van der Waals surface area contributed by atoms with E-state index in [4.69, 9.17) is 4.99 Å². The Bertz CT molecular complexity index is 643. The van der Waals surface area contributed by atoms with E-state index in [0.717, 1.165) is 17.5 Å². The normalized spacial score (nSPS) is 22.0. The van der Waals surface area contributed by atoms with Gasteiger partial charge in [-0.25, -0.2) is 0 Å². The average Bonchev–Trinajstić information content (AvgIpc) is 3.04. The average molecular weight is 410 g/mol. The van der Waals surface area contributed by atoms with Gasteiger partial charge >= 0.3 is 0 Å². The zero-order valence-electron chi connectivity index (χ0n) is 16.7. The molecule has 2 aliphatic rings. The zero-order chi connectivity index (χ0) is 18.5. The first-order valence-corrected chi connectivity index (χ1v) is 10.9. The molecule has 0 bridgehead atoms. The first kappa shape index (κ1) is 22.1. The minimum atomic E-state index is 0. The molecule has 0 spiro atoms. The van der Waals surface area contributed by atoms with Crippen molar-refractivity contribution >= 4 is 35.2 Å². The van der Waals surface area contributed by atoms with E-state index in [0.29, 0.717) is 12.6 Å². The number of nitrogens with zero attached hydrogens (tertiary/aromatic N) is 3. The molecule has 2 fully saturated rings. The second kappa shape index (κ2) is 10.4. The highest BCUT2D eigenvalue weighted by molar-refractivity contribution is 8.14. The Balaban J connectivity index is 0.00000261. The monoisotopic (exact) mass is 409 g/mol. The van der Waals surface area contributed by atoms with Crippen LogP contribution in [0.15, 0.2) is 29.3 Å². The zero-order valence-corrected chi connectivity index (χ0v) is 18.3. The lowest BCUT2D eigenvalue weighted by molar-refractivity contribution is -0.133. The van der Waals surface area contributed by atoms with Crippen LogP contribution in [0.5, 0.6) is 0 Å². The smallest absolute Gasteiger partial charge is 0.221 e. The van der Waals surface area contributed by atoms with E-state index in [1.54, 1.807) is 6.92 Å². The molecule has 0 radical (unpaired) electrons. The van der Waals surface area contributed by atoms with Crippen LogP contribution in [0.2, 0.25) is 0 Å². The number of hydrogen-bond donors (Lipinski definition) is 0. The van der Waals surface area contributed by atoms with E-state index >= 15 is 0 Å². The van der Waals surface area contributed by atoms with Gasteiger partial charge in [0.15, 0.2) is 5.17 Å². The molecule has 1 atom stereocenters. The Morgan fingerprint density at radius 1 is 1.22 bits per heavy atom. The number of hydrogen-bond acceptors (Lipinski definition) is 3. The number of carbonyl (C=O) groups excluding carboxylic acids is 1. The highest BCUT2D eigenvalue weighted by Gasteiger charge is 2.35. The summed E-state index contributed by atoms with van der Waals surface area (Å²) in [7, 11) is 0. The fraction of sp³-hybridized carbons (Fsp3) is 0.619. The van der Waals surface area contributed by atoms with Crippen LogP contribution in [0.25, 0.3) is 0 Å². The SMILES string of the molecule is CCN1C(=NC2CCCCC2)SCC1N(Cc1ccc(C)cc1)C(C)=O.Cl. The first-order chi connectivity index (χ1) is 12.6. The summed E-state index contributed by atoms with van der Waals surface area (Å²) in [5, 5.41) is 1.14. The minimum Gasteiger partial charge on any atom is -0.330 e. The number of amidine groups is 1. The molecule has 1 heterocycles. The van der Waals surface area contributed by atoms with Crippen LogP contribution >= 0.6 is 24.2 Å². The summed E-state index contributed by atoms with van der Waals surface area (Å²) >= 11 is 1.82. The predicted octanol–water partition coefficient (Wildman–Crippen LogP) is 4.85. The molecule has 27 heavy (non-hydrogen) atoms. The molecular weight excluding hydrogens is 378 g/mol. The van der Waals surface area contributed by atoms with Crippen molar-refractivity contribution in [3.05, 3.63) is 35.4 Å². The van der Waals surface area contributed by atoms with Crippen molar-refractivity contribution in [3.8, 4) is 0 Å². The molecule has 1 saturated carbocycles. The van der Waals surface area contributed by atoms with Gasteiger partial charge in [-0.1, -0.05) is 60.9 Å². The third kappa shape index (κ3) is 5.64. The Morgan fingerprint density at radius 2 is 1.89 bits per heavy atom. The highest BCUT2D eigenvalue weighted by Crippen LogP contribution is 2.30. The summed E-state index contributed by atoms with van der Waals surface area (Å²) in [5.41, 5.74) is 2.43. The van der Waals surface area contributed by atoms with E-state index in [2.05, 4.69) is 43.0 Å². The molecule has 1 aromatic carbocycles. The Hall–Kier alpha value is -1.20. The summed E-state index contributed by atoms with van der Waals surface area (Å²) in [4.78, 5) is 21.8. The number of carbonyl (C=O) groups is 1. The summed E-state index contributed by atoms with van der Waals surface area (Å²) in [5.74, 6) is 1.04. The second-order valence-electron chi connectivity index (χ2n) is 7.41. The van der Waals surface area contributed by atoms with Crippen molar-refractivity contribution in [2.75, 3.05) is 12.3 Å². The molecular formula is C21H32ClN3OS. The third-order valence-corrected chi connectivity index (χ3v) is 6.48. The number of thioether (sulfide) groups is 1. The molecule has 150 valence electrons. The summed E-state index contributed by atoms with van der Waals surface area (Å²) in [6.45, 7) is 7.49. The number of aliphatic imine (C=N–C) groups is 1. The molecule has 1 amide bonds. The summed E-state index contributed by atoms with van der Waals surface area (Å²) in [6, 6.07) is 8.96. The second-order valence-corrected chi connectivity index (χ2v) is 8.40. The van der Waals surface area contributed by atoms with Gasteiger partial charge in [0.2, 0.25) is 5.91 Å². The van der Waals surface area contributed by atoms with Gasteiger partial charge in [0.1, 0.15) is 6.17 Å². The van der Waals surface area contributed by atoms with E-state index in [-0.39, 0.29) is 24.5 Å². The largest absolute Gasteiger partial charge is 0.330 e. The highest BCUT2D eigenvalue weighted by atomic mass is 35.5. The minimum absolute atomic E-state index is 0. The Kier molecular flexibility index (Phi) is 8.49. The standard InChI is InChI=1S/C21H31N3OS.ClH/c1-4-23-20(15-26-21(23)22-19-8-6-5-7-9-19)24(17(3)25)14-18-12-10-16(2)11-13-18;/h10-13,19-20H,4-9,14-15H2,1-3H3;1H. The van der Waals surface area contributed by atoms with Gasteiger partial charge in [-0.3, -0.25) is 9.79 Å². The lowest BCUT2D eigenvalue weighted by Gasteiger charge is -2.35. The first-order valence-electron chi connectivity index (χ1n) is 9.88. The van der Waals surface area contributed by atoms with Crippen LogP contribution in [-0.4, -0.2) is 45.4 Å². The maximum Gasteiger partial charge on any atom is 0.221 e. The molecule has 1 aromatic rings. The van der Waals surface area contributed by atoms with Crippen LogP contribution in [0, 0.1) is 6.92 Å². The lowest BCUT2D eigenvalue weighted by atomic mass is 9.96. The number of amides is 1. The molecule has 1 aliphatic heterocycles. The maximum absolute atomic E-state index is 12.4. The van der Waals surface area contributed by atoms with Crippen LogP contribution in [0.4, 0.5) is 0 Å². The fourth-order valence-corrected chi connectivity index (χ4v) is 5.15. The molecule has 0 aromatic heterocycles. The molecule has 1 saturated heterocycles. The fourth-order valence-electron chi connectivity index (χ4n) is 3.85. The van der Waals surface area contributed by atoms with Crippen LogP contribution in [0.1, 0.15) is 57.1 Å². The quantitative estimate of drug-likeness (QED) is 0.697. The Morgan fingerprint density at radius 3 is 2.48 bits per heavy atom. The van der Waals surface area contributed by atoms with Crippen LogP contribution in [0.3, 0.4) is 0 Å². The van der Waals surface area contributed by atoms with Gasteiger partial charge < -0.3 is 9.80 Å². The molecule has 6 heteroatoms. The van der Waals surface area contributed by atoms with Gasteiger partial charge in [-0.05, 0) is 32.3 Å². The van der Waals surface area contributed by atoms with Gasteiger partial charge in [-0.2, -0.15) is 0 Å². The number of benzene rings is 1. The molecule has 0 N–H and O–H groups in total. The van der Waals surface area contributed by atoms with Crippen molar-refractivity contribution in [2.24, 2.45) is 4.99 Å². The Labute approximate surface area is 174 Å². The van der Waals surface area contributed by atoms with Crippen molar-refractivity contribution in [1.29, 1.82) is 0 Å². The van der Waals surface area contributed by atoms with E-state index < -0.39 is 0 Å². The van der Waals surface area contributed by atoms with Crippen LogP contribution < -0.4 is 0 Å². The van der Waals surface area contributed by atoms with Crippen molar-refractivity contribution in [1.82, 2.24) is 9.80 Å². The lowest BCUT2D eigenvalue weighted by Crippen LogP contribution is -2.49. The van der Waals surface area contributed by atoms with Gasteiger partial charge in [-0.15, -0.1) is 12.4 Å². The number of aryl methyl sites for hydroxylation is 1.